The van der Waals surface area contributed by atoms with E-state index < -0.39 is 0 Å². The molecule has 1 aromatic heterocycles. The number of carbonyl (C=O) groups is 1. The molecule has 0 aromatic carbocycles. The fourth-order valence-corrected chi connectivity index (χ4v) is 4.11. The summed E-state index contributed by atoms with van der Waals surface area (Å²) < 4.78 is 4.79. The number of nitrogens with zero attached hydrogens (tertiary/aromatic N) is 2. The highest BCUT2D eigenvalue weighted by molar-refractivity contribution is 7.99. The second kappa shape index (κ2) is 5.72. The maximum Gasteiger partial charge on any atom is 0.306 e. The highest BCUT2D eigenvalue weighted by atomic mass is 32.2. The van der Waals surface area contributed by atoms with Crippen molar-refractivity contribution in [2.45, 2.75) is 50.0 Å². The van der Waals surface area contributed by atoms with Crippen molar-refractivity contribution in [3.63, 3.8) is 0 Å². The van der Waals surface area contributed by atoms with Gasteiger partial charge in [-0.2, -0.15) is 0 Å². The minimum absolute atomic E-state index is 0.0900. The first-order chi connectivity index (χ1) is 9.72. The standard InChI is InChI=1S/C15H20N2O2S/c1-19-13(18)8-15(6-7-15)9-20-14-11-4-2-3-5-12(11)16-10-17-14/h10H,2-9H2,1H3. The van der Waals surface area contributed by atoms with Gasteiger partial charge in [-0.25, -0.2) is 9.97 Å². The first-order valence-electron chi connectivity index (χ1n) is 7.25. The van der Waals surface area contributed by atoms with Crippen molar-refractivity contribution < 1.29 is 9.53 Å². The van der Waals surface area contributed by atoms with Crippen LogP contribution in [0, 0.1) is 5.41 Å². The second-order valence-electron chi connectivity index (χ2n) is 5.85. The van der Waals surface area contributed by atoms with Gasteiger partial charge in [0.25, 0.3) is 0 Å². The van der Waals surface area contributed by atoms with Gasteiger partial charge in [0.2, 0.25) is 0 Å². The molecule has 5 heteroatoms. The quantitative estimate of drug-likeness (QED) is 0.474. The number of carbonyl (C=O) groups excluding carboxylic acids is 1. The van der Waals surface area contributed by atoms with Crippen molar-refractivity contribution in [2.24, 2.45) is 5.41 Å². The van der Waals surface area contributed by atoms with E-state index in [2.05, 4.69) is 9.97 Å². The molecule has 0 spiro atoms. The molecule has 108 valence electrons. The number of methoxy groups -OCH3 is 1. The van der Waals surface area contributed by atoms with Crippen LogP contribution in [0.25, 0.3) is 0 Å². The first kappa shape index (κ1) is 13.9. The van der Waals surface area contributed by atoms with Crippen LogP contribution in [0.4, 0.5) is 0 Å². The summed E-state index contributed by atoms with van der Waals surface area (Å²) in [6.07, 6.45) is 9.14. The summed E-state index contributed by atoms with van der Waals surface area (Å²) in [5, 5.41) is 1.13. The van der Waals surface area contributed by atoms with E-state index in [0.717, 1.165) is 36.5 Å². The average Bonchev–Trinajstić information content (AvgIpc) is 3.25. The zero-order valence-electron chi connectivity index (χ0n) is 11.9. The van der Waals surface area contributed by atoms with Gasteiger partial charge >= 0.3 is 5.97 Å². The van der Waals surface area contributed by atoms with Crippen LogP contribution in [0.2, 0.25) is 0 Å². The number of hydrogen-bond acceptors (Lipinski definition) is 5. The van der Waals surface area contributed by atoms with Gasteiger partial charge in [-0.1, -0.05) is 0 Å². The molecule has 1 fully saturated rings. The summed E-state index contributed by atoms with van der Waals surface area (Å²) in [6.45, 7) is 0. The Labute approximate surface area is 123 Å². The number of hydrogen-bond donors (Lipinski definition) is 0. The number of fused-ring (bicyclic) bond motifs is 1. The lowest BCUT2D eigenvalue weighted by atomic mass is 9.98. The third kappa shape index (κ3) is 2.97. The Bertz CT molecular complexity index is 515. The monoisotopic (exact) mass is 292 g/mol. The zero-order valence-corrected chi connectivity index (χ0v) is 12.7. The molecule has 1 saturated carbocycles. The highest BCUT2D eigenvalue weighted by Crippen LogP contribution is 2.52. The molecule has 0 amide bonds. The third-order valence-corrected chi connectivity index (χ3v) is 5.69. The fraction of sp³-hybridized carbons (Fsp3) is 0.667. The molecule has 2 aliphatic rings. The normalized spacial score (nSPS) is 19.2. The topological polar surface area (TPSA) is 52.1 Å². The number of aryl methyl sites for hydroxylation is 1. The SMILES string of the molecule is COC(=O)CC1(CSc2ncnc3c2CCCC3)CC1. The van der Waals surface area contributed by atoms with Gasteiger partial charge in [-0.15, -0.1) is 11.8 Å². The molecule has 2 aliphatic carbocycles. The Hall–Kier alpha value is -1.10. The van der Waals surface area contributed by atoms with Crippen LogP contribution in [-0.2, 0) is 22.4 Å². The van der Waals surface area contributed by atoms with Crippen LogP contribution in [0.5, 0.6) is 0 Å². The van der Waals surface area contributed by atoms with Gasteiger partial charge < -0.3 is 4.74 Å². The lowest BCUT2D eigenvalue weighted by Gasteiger charge is -2.18. The lowest BCUT2D eigenvalue weighted by molar-refractivity contribution is -0.141. The highest BCUT2D eigenvalue weighted by Gasteiger charge is 2.44. The number of ether oxygens (including phenoxy) is 1. The maximum absolute atomic E-state index is 11.5. The van der Waals surface area contributed by atoms with E-state index in [1.54, 1.807) is 18.1 Å². The number of aromatic nitrogens is 2. The van der Waals surface area contributed by atoms with Crippen LogP contribution in [0.3, 0.4) is 0 Å². The molecule has 20 heavy (non-hydrogen) atoms. The number of esters is 1. The minimum atomic E-state index is -0.0900. The molecule has 0 bridgehead atoms. The summed E-state index contributed by atoms with van der Waals surface area (Å²) in [4.78, 5) is 20.3. The summed E-state index contributed by atoms with van der Waals surface area (Å²) in [6, 6.07) is 0. The van der Waals surface area contributed by atoms with Crippen LogP contribution in [0.1, 0.15) is 43.4 Å². The summed E-state index contributed by atoms with van der Waals surface area (Å²) in [7, 11) is 1.46. The zero-order chi connectivity index (χ0) is 14.0. The maximum atomic E-state index is 11.5. The average molecular weight is 292 g/mol. The molecule has 0 unspecified atom stereocenters. The fourth-order valence-electron chi connectivity index (χ4n) is 2.76. The molecule has 0 saturated heterocycles. The van der Waals surface area contributed by atoms with E-state index in [-0.39, 0.29) is 11.4 Å². The van der Waals surface area contributed by atoms with Crippen molar-refractivity contribution in [3.8, 4) is 0 Å². The first-order valence-corrected chi connectivity index (χ1v) is 8.23. The number of thioether (sulfide) groups is 1. The van der Waals surface area contributed by atoms with Gasteiger partial charge in [-0.3, -0.25) is 4.79 Å². The predicted molar refractivity (Wildman–Crippen MR) is 77.7 cm³/mol. The summed E-state index contributed by atoms with van der Waals surface area (Å²) in [5.41, 5.74) is 2.73. The Balaban J connectivity index is 1.66. The van der Waals surface area contributed by atoms with E-state index in [9.17, 15) is 4.79 Å². The molecule has 0 aliphatic heterocycles. The molecule has 3 rings (SSSR count). The van der Waals surface area contributed by atoms with E-state index in [4.69, 9.17) is 4.74 Å². The largest absolute Gasteiger partial charge is 0.469 e. The molecular weight excluding hydrogens is 272 g/mol. The van der Waals surface area contributed by atoms with Crippen molar-refractivity contribution in [3.05, 3.63) is 17.6 Å². The van der Waals surface area contributed by atoms with E-state index in [0.29, 0.717) is 6.42 Å². The van der Waals surface area contributed by atoms with Gasteiger partial charge in [-0.05, 0) is 43.9 Å². The van der Waals surface area contributed by atoms with Crippen LogP contribution in [0.15, 0.2) is 11.4 Å². The van der Waals surface area contributed by atoms with E-state index >= 15 is 0 Å². The van der Waals surface area contributed by atoms with Crippen molar-refractivity contribution >= 4 is 17.7 Å². The Morgan fingerprint density at radius 3 is 2.90 bits per heavy atom. The van der Waals surface area contributed by atoms with Crippen LogP contribution >= 0.6 is 11.8 Å². The molecule has 0 radical (unpaired) electrons. The lowest BCUT2D eigenvalue weighted by Crippen LogP contribution is -2.14. The smallest absolute Gasteiger partial charge is 0.306 e. The van der Waals surface area contributed by atoms with Gasteiger partial charge in [0.15, 0.2) is 0 Å². The summed E-state index contributed by atoms with van der Waals surface area (Å²) >= 11 is 1.80. The van der Waals surface area contributed by atoms with Gasteiger partial charge in [0.1, 0.15) is 11.4 Å². The number of rotatable bonds is 5. The van der Waals surface area contributed by atoms with Crippen LogP contribution < -0.4 is 0 Å². The Kier molecular flexibility index (Phi) is 3.96. The minimum Gasteiger partial charge on any atom is -0.469 e. The Morgan fingerprint density at radius 1 is 1.35 bits per heavy atom. The molecule has 0 N–H and O–H groups in total. The predicted octanol–water partition coefficient (Wildman–Crippen LogP) is 2.79. The van der Waals surface area contributed by atoms with Crippen molar-refractivity contribution in [1.29, 1.82) is 0 Å². The molecule has 1 heterocycles. The third-order valence-electron chi connectivity index (χ3n) is 4.30. The van der Waals surface area contributed by atoms with Gasteiger partial charge in [0.05, 0.1) is 13.5 Å². The molecule has 4 nitrogen and oxygen atoms in total. The summed E-state index contributed by atoms with van der Waals surface area (Å²) in [5.74, 6) is 0.874. The van der Waals surface area contributed by atoms with Crippen molar-refractivity contribution in [2.75, 3.05) is 12.9 Å². The van der Waals surface area contributed by atoms with Crippen LogP contribution in [-0.4, -0.2) is 28.8 Å². The Morgan fingerprint density at radius 2 is 2.15 bits per heavy atom. The van der Waals surface area contributed by atoms with E-state index in [1.165, 1.54) is 31.2 Å². The van der Waals surface area contributed by atoms with E-state index in [1.807, 2.05) is 0 Å². The second-order valence-corrected chi connectivity index (χ2v) is 6.82. The van der Waals surface area contributed by atoms with Crippen molar-refractivity contribution in [1.82, 2.24) is 9.97 Å². The molecule has 0 atom stereocenters. The molecule has 1 aromatic rings. The van der Waals surface area contributed by atoms with Gasteiger partial charge in [0, 0.05) is 17.0 Å². The molecular formula is C15H20N2O2S.